The summed E-state index contributed by atoms with van der Waals surface area (Å²) in [5, 5.41) is 1.74. The van der Waals surface area contributed by atoms with Gasteiger partial charge >= 0.3 is 0 Å². The molecule has 0 radical (unpaired) electrons. The first-order valence-electron chi connectivity index (χ1n) is 10.5. The number of carbonyl (C=O) groups excluding carboxylic acids is 2. The van der Waals surface area contributed by atoms with Crippen molar-refractivity contribution in [1.82, 2.24) is 14.5 Å². The van der Waals surface area contributed by atoms with Gasteiger partial charge in [0.2, 0.25) is 21.8 Å². The number of rotatable bonds is 11. The quantitative estimate of drug-likeness (QED) is 0.570. The highest BCUT2D eigenvalue weighted by Gasteiger charge is 2.27. The molecule has 7 nitrogen and oxygen atoms in total. The number of carbonyl (C=O) groups is 2. The van der Waals surface area contributed by atoms with E-state index in [1.165, 1.54) is 11.3 Å². The van der Waals surface area contributed by atoms with Crippen LogP contribution in [0.15, 0.2) is 21.7 Å². The molecule has 0 aliphatic carbocycles. The van der Waals surface area contributed by atoms with E-state index in [0.29, 0.717) is 49.4 Å². The summed E-state index contributed by atoms with van der Waals surface area (Å²) >= 11 is 1.20. The molecule has 0 atom stereocenters. The van der Waals surface area contributed by atoms with Crippen molar-refractivity contribution in [3.05, 3.63) is 17.5 Å². The summed E-state index contributed by atoms with van der Waals surface area (Å²) in [6, 6.07) is 3.16. The SMILES string of the molecule is CCCN(CCC)C(=O)CCCC(=O)N1CCC(NS(=O)(=O)c2cccs2)CC1. The molecule has 1 aromatic rings. The minimum atomic E-state index is -3.47. The van der Waals surface area contributed by atoms with Crippen LogP contribution < -0.4 is 4.72 Å². The van der Waals surface area contributed by atoms with Crippen molar-refractivity contribution < 1.29 is 18.0 Å². The van der Waals surface area contributed by atoms with Gasteiger partial charge in [0.25, 0.3) is 0 Å². The molecule has 2 amide bonds. The first-order valence-corrected chi connectivity index (χ1v) is 12.8. The number of amides is 2. The van der Waals surface area contributed by atoms with Gasteiger partial charge in [-0.05, 0) is 43.6 Å². The molecule has 1 saturated heterocycles. The summed E-state index contributed by atoms with van der Waals surface area (Å²) in [6.07, 6.45) is 4.43. The predicted molar refractivity (Wildman–Crippen MR) is 115 cm³/mol. The fourth-order valence-corrected chi connectivity index (χ4v) is 5.86. The van der Waals surface area contributed by atoms with Crippen molar-refractivity contribution in [2.75, 3.05) is 26.2 Å². The van der Waals surface area contributed by atoms with Crippen LogP contribution in [0.1, 0.15) is 58.8 Å². The largest absolute Gasteiger partial charge is 0.343 e. The molecule has 1 N–H and O–H groups in total. The zero-order valence-corrected chi connectivity index (χ0v) is 19.1. The van der Waals surface area contributed by atoms with Gasteiger partial charge in [-0.25, -0.2) is 13.1 Å². The van der Waals surface area contributed by atoms with E-state index in [9.17, 15) is 18.0 Å². The van der Waals surface area contributed by atoms with Gasteiger partial charge in [-0.2, -0.15) is 0 Å². The Balaban J connectivity index is 1.71. The second kappa shape index (κ2) is 11.7. The number of thiophene rings is 1. The first-order chi connectivity index (χ1) is 13.9. The molecule has 9 heteroatoms. The third kappa shape index (κ3) is 7.38. The summed E-state index contributed by atoms with van der Waals surface area (Å²) in [7, 11) is -3.47. The molecule has 1 aromatic heterocycles. The molecule has 1 aliphatic heterocycles. The Morgan fingerprint density at radius 3 is 2.38 bits per heavy atom. The van der Waals surface area contributed by atoms with Crippen molar-refractivity contribution in [3.63, 3.8) is 0 Å². The lowest BCUT2D eigenvalue weighted by Crippen LogP contribution is -2.46. The van der Waals surface area contributed by atoms with Gasteiger partial charge in [0.1, 0.15) is 4.21 Å². The molecule has 0 spiro atoms. The van der Waals surface area contributed by atoms with Crippen LogP contribution in [0.4, 0.5) is 0 Å². The molecular weight excluding hydrogens is 410 g/mol. The highest BCUT2D eigenvalue weighted by Crippen LogP contribution is 2.19. The zero-order valence-electron chi connectivity index (χ0n) is 17.4. The fraction of sp³-hybridized carbons (Fsp3) is 0.700. The van der Waals surface area contributed by atoms with Crippen molar-refractivity contribution in [2.24, 2.45) is 0 Å². The maximum Gasteiger partial charge on any atom is 0.250 e. The first kappa shape index (κ1) is 23.8. The lowest BCUT2D eigenvalue weighted by atomic mass is 10.1. The number of sulfonamides is 1. The van der Waals surface area contributed by atoms with Gasteiger partial charge in [-0.3, -0.25) is 9.59 Å². The average Bonchev–Trinajstić information content (AvgIpc) is 3.24. The van der Waals surface area contributed by atoms with Gasteiger partial charge in [-0.15, -0.1) is 11.3 Å². The van der Waals surface area contributed by atoms with E-state index in [4.69, 9.17) is 0 Å². The van der Waals surface area contributed by atoms with E-state index < -0.39 is 10.0 Å². The summed E-state index contributed by atoms with van der Waals surface area (Å²) in [6.45, 7) is 6.75. The minimum Gasteiger partial charge on any atom is -0.343 e. The van der Waals surface area contributed by atoms with Crippen LogP contribution in [0, 0.1) is 0 Å². The molecule has 0 saturated carbocycles. The maximum absolute atomic E-state index is 12.4. The molecule has 0 aromatic carbocycles. The number of hydrogen-bond acceptors (Lipinski definition) is 5. The van der Waals surface area contributed by atoms with Crippen molar-refractivity contribution in [3.8, 4) is 0 Å². The molecule has 1 aliphatic rings. The molecule has 0 bridgehead atoms. The highest BCUT2D eigenvalue weighted by molar-refractivity contribution is 7.91. The molecule has 1 fully saturated rings. The van der Waals surface area contributed by atoms with Crippen LogP contribution in [0.25, 0.3) is 0 Å². The van der Waals surface area contributed by atoms with Gasteiger partial charge in [0.05, 0.1) is 0 Å². The number of hydrogen-bond donors (Lipinski definition) is 1. The lowest BCUT2D eigenvalue weighted by molar-refractivity contribution is -0.133. The van der Waals surface area contributed by atoms with Crippen LogP contribution in [-0.2, 0) is 19.6 Å². The fourth-order valence-electron chi connectivity index (χ4n) is 3.55. The van der Waals surface area contributed by atoms with Gasteiger partial charge in [0, 0.05) is 45.1 Å². The standard InChI is InChI=1S/C20H33N3O4S2/c1-3-12-22(13-4-2)18(24)7-5-8-19(25)23-14-10-17(11-15-23)21-29(26,27)20-9-6-16-28-20/h6,9,16-17,21H,3-5,7-8,10-15H2,1-2H3. The number of nitrogens with zero attached hydrogens (tertiary/aromatic N) is 2. The van der Waals surface area contributed by atoms with Crippen LogP contribution in [0.5, 0.6) is 0 Å². The van der Waals surface area contributed by atoms with Gasteiger partial charge < -0.3 is 9.80 Å². The summed E-state index contributed by atoms with van der Waals surface area (Å²) in [5.41, 5.74) is 0. The van der Waals surface area contributed by atoms with E-state index in [1.54, 1.807) is 22.4 Å². The number of piperidine rings is 1. The third-order valence-corrected chi connectivity index (χ3v) is 7.97. The molecule has 2 rings (SSSR count). The Morgan fingerprint density at radius 2 is 1.83 bits per heavy atom. The van der Waals surface area contributed by atoms with E-state index in [2.05, 4.69) is 18.6 Å². The Morgan fingerprint density at radius 1 is 1.17 bits per heavy atom. The number of likely N-dealkylation sites (tertiary alicyclic amines) is 1. The van der Waals surface area contributed by atoms with Gasteiger partial charge in [0.15, 0.2) is 0 Å². The normalized spacial score (nSPS) is 15.4. The average molecular weight is 444 g/mol. The second-order valence-electron chi connectivity index (χ2n) is 7.44. The molecule has 164 valence electrons. The Hall–Kier alpha value is -1.45. The van der Waals surface area contributed by atoms with E-state index in [0.717, 1.165) is 25.9 Å². The van der Waals surface area contributed by atoms with Crippen molar-refractivity contribution in [2.45, 2.75) is 69.0 Å². The molecular formula is C20H33N3O4S2. The Kier molecular flexibility index (Phi) is 9.58. The Labute approximate surface area is 178 Å². The zero-order chi connectivity index (χ0) is 21.3. The predicted octanol–water partition coefficient (Wildman–Crippen LogP) is 2.84. The minimum absolute atomic E-state index is 0.0508. The van der Waals surface area contributed by atoms with Crippen molar-refractivity contribution >= 4 is 33.2 Å². The summed E-state index contributed by atoms with van der Waals surface area (Å²) in [5.74, 6) is 0.179. The molecule has 2 heterocycles. The van der Waals surface area contributed by atoms with Crippen LogP contribution in [0.3, 0.4) is 0 Å². The maximum atomic E-state index is 12.4. The summed E-state index contributed by atoms with van der Waals surface area (Å²) in [4.78, 5) is 28.4. The Bertz CT molecular complexity index is 736. The van der Waals surface area contributed by atoms with Crippen LogP contribution in [-0.4, -0.2) is 62.3 Å². The lowest BCUT2D eigenvalue weighted by Gasteiger charge is -2.32. The van der Waals surface area contributed by atoms with E-state index in [-0.39, 0.29) is 17.9 Å². The molecule has 0 unspecified atom stereocenters. The topological polar surface area (TPSA) is 86.8 Å². The van der Waals surface area contributed by atoms with Gasteiger partial charge in [-0.1, -0.05) is 19.9 Å². The van der Waals surface area contributed by atoms with E-state index in [1.807, 2.05) is 4.90 Å². The number of nitrogens with one attached hydrogen (secondary N) is 1. The molecule has 29 heavy (non-hydrogen) atoms. The van der Waals surface area contributed by atoms with Crippen LogP contribution >= 0.6 is 11.3 Å². The second-order valence-corrected chi connectivity index (χ2v) is 10.3. The van der Waals surface area contributed by atoms with Crippen molar-refractivity contribution in [1.29, 1.82) is 0 Å². The van der Waals surface area contributed by atoms with E-state index >= 15 is 0 Å². The smallest absolute Gasteiger partial charge is 0.250 e. The highest BCUT2D eigenvalue weighted by atomic mass is 32.2. The van der Waals surface area contributed by atoms with Crippen LogP contribution in [0.2, 0.25) is 0 Å². The summed E-state index contributed by atoms with van der Waals surface area (Å²) < 4.78 is 27.7. The monoisotopic (exact) mass is 443 g/mol. The third-order valence-electron chi connectivity index (χ3n) is 5.05.